The van der Waals surface area contributed by atoms with Gasteiger partial charge in [-0.25, -0.2) is 0 Å². The highest BCUT2D eigenvalue weighted by Gasteiger charge is 2.03. The molecular weight excluding hydrogens is 216 g/mol. The molecule has 0 aliphatic carbocycles. The van der Waals surface area contributed by atoms with Crippen molar-refractivity contribution in [1.82, 2.24) is 0 Å². The Balaban J connectivity index is 2.26. The van der Waals surface area contributed by atoms with Crippen molar-refractivity contribution in [3.63, 3.8) is 0 Å². The Morgan fingerprint density at radius 3 is 2.76 bits per heavy atom. The molecule has 0 heterocycles. The van der Waals surface area contributed by atoms with Crippen molar-refractivity contribution in [2.75, 3.05) is 0 Å². The van der Waals surface area contributed by atoms with E-state index >= 15 is 0 Å². The molecule has 17 heavy (non-hydrogen) atoms. The predicted octanol–water partition coefficient (Wildman–Crippen LogP) is 2.78. The Bertz CT molecular complexity index is 597. The average Bonchev–Trinajstić information content (AvgIpc) is 2.44. The van der Waals surface area contributed by atoms with Crippen LogP contribution in [0.25, 0.3) is 0 Å². The van der Waals surface area contributed by atoms with E-state index in [0.29, 0.717) is 6.29 Å². The summed E-state index contributed by atoms with van der Waals surface area (Å²) in [6.45, 7) is 0.181. The minimum atomic E-state index is -0.481. The van der Waals surface area contributed by atoms with Crippen LogP contribution < -0.4 is 4.74 Å². The topological polar surface area (TPSA) is 46.5 Å². The molecule has 0 amide bonds. The van der Waals surface area contributed by atoms with Gasteiger partial charge in [0.1, 0.15) is 12.9 Å². The fourth-order valence-corrected chi connectivity index (χ4v) is 1.34. The van der Waals surface area contributed by atoms with Crippen LogP contribution in [0.1, 0.15) is 18.7 Å². The third-order valence-electron chi connectivity index (χ3n) is 2.19. The minimum absolute atomic E-state index is 0.0328. The van der Waals surface area contributed by atoms with Crippen molar-refractivity contribution < 1.29 is 17.4 Å². The molecule has 0 bridgehead atoms. The summed E-state index contributed by atoms with van der Waals surface area (Å²) in [4.78, 5) is 10.7. The van der Waals surface area contributed by atoms with Gasteiger partial charge in [-0.05, 0) is 23.7 Å². The fourth-order valence-electron chi connectivity index (χ4n) is 1.34. The summed E-state index contributed by atoms with van der Waals surface area (Å²) in [5, 5.41) is 9.78. The van der Waals surface area contributed by atoms with Gasteiger partial charge in [0.25, 0.3) is 0 Å². The molecule has 0 saturated carbocycles. The number of carbonyl (C=O) groups excluding carboxylic acids is 1. The van der Waals surface area contributed by atoms with Crippen molar-refractivity contribution in [2.45, 2.75) is 6.61 Å². The zero-order valence-electron chi connectivity index (χ0n) is 11.0. The molecule has 0 fully saturated rings. The molecule has 86 valence electrons. The molecule has 0 unspecified atom stereocenters. The van der Waals surface area contributed by atoms with E-state index in [4.69, 9.17) is 7.48 Å². The minimum Gasteiger partial charge on any atom is -0.504 e. The van der Waals surface area contributed by atoms with Gasteiger partial charge >= 0.3 is 0 Å². The Kier molecular flexibility index (Phi) is 2.68. The van der Waals surface area contributed by atoms with Crippen LogP contribution in [0.2, 0.25) is 0 Å². The highest BCUT2D eigenvalue weighted by atomic mass is 16.5. The first-order chi connectivity index (χ1) is 9.13. The van der Waals surface area contributed by atoms with Gasteiger partial charge in [0, 0.05) is 5.56 Å². The summed E-state index contributed by atoms with van der Waals surface area (Å²) in [6.07, 6.45) is 0.432. The Hall–Kier alpha value is -2.29. The second kappa shape index (κ2) is 5.16. The molecule has 0 aromatic heterocycles. The van der Waals surface area contributed by atoms with Crippen LogP contribution in [0.5, 0.6) is 11.5 Å². The molecule has 0 spiro atoms. The van der Waals surface area contributed by atoms with Gasteiger partial charge in [-0.3, -0.25) is 4.79 Å². The molecule has 3 nitrogen and oxygen atoms in total. The lowest BCUT2D eigenvalue weighted by Gasteiger charge is -2.08. The fraction of sp³-hybridized carbons (Fsp3) is 0.0714. The standard InChI is InChI=1S/C14H12O3/c15-9-12-6-7-14(13(16)8-12)17-10-11-4-2-1-3-5-11/h1-9,16H,10H2/i7D,8D. The number of carbonyl (C=O) groups is 1. The number of aromatic hydroxyl groups is 1. The molecule has 0 saturated heterocycles. The average molecular weight is 230 g/mol. The molecule has 0 aliphatic heterocycles. The van der Waals surface area contributed by atoms with E-state index in [9.17, 15) is 9.90 Å². The second-order valence-corrected chi connectivity index (χ2v) is 3.44. The third kappa shape index (κ3) is 2.84. The van der Waals surface area contributed by atoms with Gasteiger partial charge in [0.15, 0.2) is 11.5 Å². The number of hydrogen-bond donors (Lipinski definition) is 1. The molecular formula is C14H12O3. The number of benzene rings is 2. The van der Waals surface area contributed by atoms with E-state index in [1.54, 1.807) is 0 Å². The SMILES string of the molecule is [2H]c1cc(C=O)c([2H])c(O)c1OCc1ccccc1. The molecule has 0 atom stereocenters. The van der Waals surface area contributed by atoms with E-state index in [2.05, 4.69) is 0 Å². The van der Waals surface area contributed by atoms with Gasteiger partial charge < -0.3 is 9.84 Å². The van der Waals surface area contributed by atoms with Crippen molar-refractivity contribution in [3.8, 4) is 11.5 Å². The molecule has 1 N–H and O–H groups in total. The summed E-state index contributed by atoms with van der Waals surface area (Å²) in [6, 6.07) is 10.0. The first kappa shape index (κ1) is 8.82. The van der Waals surface area contributed by atoms with Crippen LogP contribution in [0, 0.1) is 0 Å². The predicted molar refractivity (Wildman–Crippen MR) is 64.3 cm³/mol. The number of rotatable bonds is 4. The van der Waals surface area contributed by atoms with Crippen LogP contribution >= 0.6 is 0 Å². The summed E-state index contributed by atoms with van der Waals surface area (Å²) in [7, 11) is 0. The number of ether oxygens (including phenoxy) is 1. The van der Waals surface area contributed by atoms with Gasteiger partial charge in [0.2, 0.25) is 0 Å². The van der Waals surface area contributed by atoms with E-state index < -0.39 is 5.75 Å². The van der Waals surface area contributed by atoms with Gasteiger partial charge in [0.05, 0.1) is 2.74 Å². The number of phenols is 1. The maximum Gasteiger partial charge on any atom is 0.161 e. The van der Waals surface area contributed by atoms with E-state index in [0.717, 1.165) is 5.56 Å². The van der Waals surface area contributed by atoms with Crippen molar-refractivity contribution >= 4 is 6.29 Å². The Morgan fingerprint density at radius 2 is 2.06 bits per heavy atom. The highest BCUT2D eigenvalue weighted by Crippen LogP contribution is 2.26. The summed E-state index contributed by atoms with van der Waals surface area (Å²) in [5.74, 6) is -0.565. The lowest BCUT2D eigenvalue weighted by molar-refractivity contribution is 0.112. The first-order valence-corrected chi connectivity index (χ1v) is 5.08. The zero-order chi connectivity index (χ0) is 13.8. The van der Waals surface area contributed by atoms with Gasteiger partial charge in [-0.2, -0.15) is 0 Å². The van der Waals surface area contributed by atoms with Crippen molar-refractivity contribution in [2.24, 2.45) is 0 Å². The lowest BCUT2D eigenvalue weighted by Crippen LogP contribution is -1.95. The number of phenolic OH excluding ortho intramolecular Hbond substituents is 1. The molecule has 0 aliphatic rings. The Morgan fingerprint density at radius 1 is 1.29 bits per heavy atom. The highest BCUT2D eigenvalue weighted by molar-refractivity contribution is 5.76. The summed E-state index contributed by atoms with van der Waals surface area (Å²) < 4.78 is 20.6. The molecule has 2 rings (SSSR count). The molecule has 2 aromatic rings. The van der Waals surface area contributed by atoms with Crippen LogP contribution in [0.15, 0.2) is 48.5 Å². The van der Waals surface area contributed by atoms with E-state index in [1.165, 1.54) is 6.07 Å². The van der Waals surface area contributed by atoms with Crippen molar-refractivity contribution in [1.29, 1.82) is 0 Å². The Labute approximate surface area is 102 Å². The molecule has 2 aromatic carbocycles. The third-order valence-corrected chi connectivity index (χ3v) is 2.19. The van der Waals surface area contributed by atoms with Gasteiger partial charge in [-0.1, -0.05) is 30.3 Å². The van der Waals surface area contributed by atoms with Crippen LogP contribution in [0.4, 0.5) is 0 Å². The number of aldehydes is 1. The maximum atomic E-state index is 10.7. The second-order valence-electron chi connectivity index (χ2n) is 3.44. The number of hydrogen-bond acceptors (Lipinski definition) is 3. The van der Waals surface area contributed by atoms with Crippen LogP contribution in [-0.4, -0.2) is 11.4 Å². The lowest BCUT2D eigenvalue weighted by atomic mass is 10.2. The molecule has 0 radical (unpaired) electrons. The maximum absolute atomic E-state index is 10.7. The summed E-state index contributed by atoms with van der Waals surface area (Å²) >= 11 is 0. The first-order valence-electron chi connectivity index (χ1n) is 6.08. The van der Waals surface area contributed by atoms with Crippen LogP contribution in [0.3, 0.4) is 0 Å². The zero-order valence-corrected chi connectivity index (χ0v) is 9.01. The van der Waals surface area contributed by atoms with Crippen molar-refractivity contribution in [3.05, 3.63) is 59.6 Å². The normalized spacial score (nSPS) is 11.5. The summed E-state index contributed by atoms with van der Waals surface area (Å²) in [5.41, 5.74) is 0.849. The molecule has 3 heteroatoms. The quantitative estimate of drug-likeness (QED) is 0.821. The van der Waals surface area contributed by atoms with E-state index in [-0.39, 0.29) is 30.0 Å². The van der Waals surface area contributed by atoms with E-state index in [1.807, 2.05) is 30.3 Å². The van der Waals surface area contributed by atoms with Crippen LogP contribution in [-0.2, 0) is 6.61 Å². The largest absolute Gasteiger partial charge is 0.504 e. The smallest absolute Gasteiger partial charge is 0.161 e. The monoisotopic (exact) mass is 230 g/mol. The van der Waals surface area contributed by atoms with Gasteiger partial charge in [-0.15, -0.1) is 0 Å².